The SMILES string of the molecule is CCCCc1nc(Cl)c(CC(=O)O)n1Cc1ccc([N+](=O)[O-])cc1.CCCCc1nc(Cl)c(CC(=O)O)n1Cc1ccc([N+](=O)[O-])cc1. The van der Waals surface area contributed by atoms with E-state index in [-0.39, 0.29) is 34.5 Å². The zero-order valence-corrected chi connectivity index (χ0v) is 28.0. The van der Waals surface area contributed by atoms with Gasteiger partial charge in [0.2, 0.25) is 0 Å². The van der Waals surface area contributed by atoms with E-state index in [0.29, 0.717) is 37.3 Å². The third-order valence-electron chi connectivity index (χ3n) is 7.33. The number of nitro groups is 2. The number of carbonyl (C=O) groups is 2. The number of unbranched alkanes of at least 4 members (excludes halogenated alkanes) is 2. The van der Waals surface area contributed by atoms with Crippen LogP contribution in [0.1, 0.15) is 73.7 Å². The van der Waals surface area contributed by atoms with Gasteiger partial charge in [0.15, 0.2) is 10.3 Å². The summed E-state index contributed by atoms with van der Waals surface area (Å²) >= 11 is 12.2. The van der Waals surface area contributed by atoms with E-state index < -0.39 is 21.8 Å². The van der Waals surface area contributed by atoms with Crippen molar-refractivity contribution in [3.8, 4) is 0 Å². The Hall–Kier alpha value is -4.82. The van der Waals surface area contributed by atoms with Gasteiger partial charge in [0.1, 0.15) is 11.6 Å². The van der Waals surface area contributed by atoms with Gasteiger partial charge in [0, 0.05) is 50.2 Å². The first-order chi connectivity index (χ1) is 22.8. The Bertz CT molecular complexity index is 1610. The van der Waals surface area contributed by atoms with E-state index >= 15 is 0 Å². The van der Waals surface area contributed by atoms with Gasteiger partial charge in [0.25, 0.3) is 11.4 Å². The number of benzene rings is 2. The number of nitro benzene ring substituents is 2. The lowest BCUT2D eigenvalue weighted by Gasteiger charge is -2.11. The van der Waals surface area contributed by atoms with Crippen molar-refractivity contribution in [2.24, 2.45) is 0 Å². The Morgan fingerprint density at radius 1 is 0.688 bits per heavy atom. The van der Waals surface area contributed by atoms with Crippen LogP contribution in [0.15, 0.2) is 48.5 Å². The van der Waals surface area contributed by atoms with Gasteiger partial charge in [-0.1, -0.05) is 74.2 Å². The number of carboxylic acids is 2. The Labute approximate surface area is 286 Å². The standard InChI is InChI=1S/2C16H18ClN3O4/c2*1-2-3-4-14-18-16(17)13(9-15(21)22)19(14)10-11-5-7-12(8-6-11)20(23)24/h2*5-8H,2-4,9-10H2,1H3,(H,21,22). The van der Waals surface area contributed by atoms with Crippen molar-refractivity contribution in [2.45, 2.75) is 78.3 Å². The van der Waals surface area contributed by atoms with Crippen molar-refractivity contribution in [1.82, 2.24) is 19.1 Å². The van der Waals surface area contributed by atoms with E-state index in [1.54, 1.807) is 33.4 Å². The van der Waals surface area contributed by atoms with Crippen molar-refractivity contribution < 1.29 is 29.6 Å². The van der Waals surface area contributed by atoms with Gasteiger partial charge >= 0.3 is 11.9 Å². The first-order valence-electron chi connectivity index (χ1n) is 15.2. The Morgan fingerprint density at radius 3 is 1.29 bits per heavy atom. The minimum atomic E-state index is -0.983. The minimum Gasteiger partial charge on any atom is -0.481 e. The monoisotopic (exact) mass is 702 g/mol. The van der Waals surface area contributed by atoms with Gasteiger partial charge in [0.05, 0.1) is 34.1 Å². The summed E-state index contributed by atoms with van der Waals surface area (Å²) < 4.78 is 3.60. The zero-order valence-electron chi connectivity index (χ0n) is 26.5. The summed E-state index contributed by atoms with van der Waals surface area (Å²) in [6, 6.07) is 12.3. The number of imidazole rings is 2. The van der Waals surface area contributed by atoms with Crippen molar-refractivity contribution in [3.05, 3.63) is 113 Å². The number of aryl methyl sites for hydroxylation is 2. The van der Waals surface area contributed by atoms with Crippen LogP contribution in [-0.2, 0) is 48.4 Å². The number of hydrogen-bond donors (Lipinski definition) is 2. The van der Waals surface area contributed by atoms with Crippen LogP contribution in [0.4, 0.5) is 11.4 Å². The lowest BCUT2D eigenvalue weighted by molar-refractivity contribution is -0.385. The molecule has 2 aromatic heterocycles. The van der Waals surface area contributed by atoms with E-state index in [1.165, 1.54) is 24.3 Å². The van der Waals surface area contributed by atoms with E-state index in [9.17, 15) is 29.8 Å². The van der Waals surface area contributed by atoms with E-state index in [2.05, 4.69) is 23.8 Å². The van der Waals surface area contributed by atoms with Gasteiger partial charge in [-0.3, -0.25) is 29.8 Å². The molecular weight excluding hydrogens is 667 g/mol. The van der Waals surface area contributed by atoms with Crippen molar-refractivity contribution in [3.63, 3.8) is 0 Å². The second-order valence-electron chi connectivity index (χ2n) is 10.9. The number of hydrogen-bond acceptors (Lipinski definition) is 8. The molecule has 48 heavy (non-hydrogen) atoms. The summed E-state index contributed by atoms with van der Waals surface area (Å²) in [5.74, 6) is -0.500. The first-order valence-corrected chi connectivity index (χ1v) is 16.0. The minimum absolute atomic E-state index is 0.0133. The molecule has 0 unspecified atom stereocenters. The van der Waals surface area contributed by atoms with Crippen LogP contribution in [0.3, 0.4) is 0 Å². The molecule has 2 N–H and O–H groups in total. The van der Waals surface area contributed by atoms with Crippen LogP contribution in [0, 0.1) is 20.2 Å². The predicted molar refractivity (Wildman–Crippen MR) is 179 cm³/mol. The number of carboxylic acid groups (broad SMARTS) is 2. The summed E-state index contributed by atoms with van der Waals surface area (Å²) in [5.41, 5.74) is 2.57. The first kappa shape index (κ1) is 37.6. The molecule has 0 amide bonds. The molecule has 0 bridgehead atoms. The summed E-state index contributed by atoms with van der Waals surface area (Å²) in [4.78, 5) is 51.3. The molecule has 0 aliphatic rings. The molecule has 16 heteroatoms. The maximum Gasteiger partial charge on any atom is 0.309 e. The molecule has 4 aromatic rings. The topological polar surface area (TPSA) is 197 Å². The quantitative estimate of drug-likeness (QED) is 0.0912. The molecular formula is C32H36Cl2N6O8. The number of aromatic nitrogens is 4. The zero-order chi connectivity index (χ0) is 35.4. The van der Waals surface area contributed by atoms with Crippen molar-refractivity contribution >= 4 is 46.5 Å². The summed E-state index contributed by atoms with van der Waals surface area (Å²) in [5, 5.41) is 40.0. The van der Waals surface area contributed by atoms with Gasteiger partial charge in [-0.15, -0.1) is 0 Å². The largest absolute Gasteiger partial charge is 0.481 e. The van der Waals surface area contributed by atoms with E-state index in [0.717, 1.165) is 48.5 Å². The van der Waals surface area contributed by atoms with Crippen LogP contribution in [-0.4, -0.2) is 51.1 Å². The molecule has 2 heterocycles. The molecule has 0 fully saturated rings. The number of nitrogens with zero attached hydrogens (tertiary/aromatic N) is 6. The average Bonchev–Trinajstić information content (AvgIpc) is 3.48. The maximum absolute atomic E-state index is 11.1. The number of aliphatic carboxylic acids is 2. The van der Waals surface area contributed by atoms with Gasteiger partial charge in [-0.2, -0.15) is 0 Å². The van der Waals surface area contributed by atoms with Gasteiger partial charge < -0.3 is 19.3 Å². The highest BCUT2D eigenvalue weighted by atomic mass is 35.5. The summed E-state index contributed by atoms with van der Waals surface area (Å²) in [6.07, 6.45) is 4.76. The molecule has 0 aliphatic carbocycles. The van der Waals surface area contributed by atoms with Crippen molar-refractivity contribution in [2.75, 3.05) is 0 Å². The molecule has 0 atom stereocenters. The predicted octanol–water partition coefficient (Wildman–Crippen LogP) is 6.93. The highest BCUT2D eigenvalue weighted by molar-refractivity contribution is 6.30. The average molecular weight is 704 g/mol. The lowest BCUT2D eigenvalue weighted by Crippen LogP contribution is -2.12. The normalized spacial score (nSPS) is 10.8. The molecule has 2 aromatic carbocycles. The second-order valence-corrected chi connectivity index (χ2v) is 11.6. The Balaban J connectivity index is 0.000000260. The fourth-order valence-electron chi connectivity index (χ4n) is 4.87. The van der Waals surface area contributed by atoms with Gasteiger partial charge in [-0.05, 0) is 24.0 Å². The molecule has 0 spiro atoms. The molecule has 14 nitrogen and oxygen atoms in total. The fraction of sp³-hybridized carbons (Fsp3) is 0.375. The van der Waals surface area contributed by atoms with Crippen LogP contribution in [0.25, 0.3) is 0 Å². The summed E-state index contributed by atoms with van der Waals surface area (Å²) in [6.45, 7) is 4.87. The smallest absolute Gasteiger partial charge is 0.309 e. The van der Waals surface area contributed by atoms with Crippen LogP contribution in [0.5, 0.6) is 0 Å². The molecule has 0 saturated heterocycles. The molecule has 0 aliphatic heterocycles. The van der Waals surface area contributed by atoms with Gasteiger partial charge in [-0.25, -0.2) is 9.97 Å². The fourth-order valence-corrected chi connectivity index (χ4v) is 5.40. The Kier molecular flexibility index (Phi) is 14.1. The molecule has 0 radical (unpaired) electrons. The van der Waals surface area contributed by atoms with Crippen LogP contribution < -0.4 is 0 Å². The van der Waals surface area contributed by atoms with E-state index in [1.807, 2.05) is 0 Å². The third kappa shape index (κ3) is 10.6. The molecule has 0 saturated carbocycles. The number of rotatable bonds is 16. The van der Waals surface area contributed by atoms with Crippen LogP contribution in [0.2, 0.25) is 10.3 Å². The van der Waals surface area contributed by atoms with Crippen LogP contribution >= 0.6 is 23.2 Å². The summed E-state index contributed by atoms with van der Waals surface area (Å²) in [7, 11) is 0. The highest BCUT2D eigenvalue weighted by Gasteiger charge is 2.20. The third-order valence-corrected chi connectivity index (χ3v) is 7.93. The maximum atomic E-state index is 11.1. The lowest BCUT2D eigenvalue weighted by atomic mass is 10.2. The van der Waals surface area contributed by atoms with E-state index in [4.69, 9.17) is 33.4 Å². The highest BCUT2D eigenvalue weighted by Crippen LogP contribution is 2.24. The van der Waals surface area contributed by atoms with Crippen molar-refractivity contribution in [1.29, 1.82) is 0 Å². The molecule has 4 rings (SSSR count). The Morgan fingerprint density at radius 2 is 1.02 bits per heavy atom. The molecule has 256 valence electrons. The second kappa shape index (κ2) is 17.9. The number of non-ortho nitro benzene ring substituents is 2. The number of halogens is 2.